The molecular weight excluding hydrogens is 196 g/mol. The van der Waals surface area contributed by atoms with E-state index in [1.807, 2.05) is 0 Å². The number of hydrogen-bond acceptors (Lipinski definition) is 4. The molecule has 1 aromatic carbocycles. The third-order valence-corrected chi connectivity index (χ3v) is 2.05. The number of esters is 1. The molecule has 15 heavy (non-hydrogen) atoms. The number of imidazole rings is 1. The third-order valence-electron chi connectivity index (χ3n) is 2.05. The molecule has 0 spiro atoms. The molecule has 0 aliphatic carbocycles. The van der Waals surface area contributed by atoms with Crippen LogP contribution < -0.4 is 0 Å². The number of nitrogens with zero attached hydrogens (tertiary/aromatic N) is 2. The van der Waals surface area contributed by atoms with Gasteiger partial charge in [0.15, 0.2) is 0 Å². The standard InChI is InChI=1S/C10H10N2O3/c1-2-15-10(13)7-4-3-5-8-9(7)11-6-12(8)14/h3-6,14H,2H2,1H3. The van der Waals surface area contributed by atoms with Gasteiger partial charge in [-0.3, -0.25) is 0 Å². The maximum Gasteiger partial charge on any atom is 0.340 e. The van der Waals surface area contributed by atoms with Gasteiger partial charge in [0.25, 0.3) is 0 Å². The Balaban J connectivity index is 2.56. The molecule has 0 fully saturated rings. The minimum atomic E-state index is -0.429. The minimum Gasteiger partial charge on any atom is -0.462 e. The molecule has 2 aromatic rings. The van der Waals surface area contributed by atoms with E-state index in [9.17, 15) is 10.0 Å². The lowest BCUT2D eigenvalue weighted by Gasteiger charge is -2.01. The van der Waals surface area contributed by atoms with Gasteiger partial charge in [0.1, 0.15) is 17.4 Å². The highest BCUT2D eigenvalue weighted by molar-refractivity contribution is 6.01. The molecule has 1 aromatic heterocycles. The van der Waals surface area contributed by atoms with Gasteiger partial charge in [-0.15, -0.1) is 0 Å². The second kappa shape index (κ2) is 3.61. The molecule has 5 nitrogen and oxygen atoms in total. The average Bonchev–Trinajstić information content (AvgIpc) is 2.61. The lowest BCUT2D eigenvalue weighted by Crippen LogP contribution is -2.05. The fourth-order valence-corrected chi connectivity index (χ4v) is 1.40. The van der Waals surface area contributed by atoms with E-state index in [0.29, 0.717) is 23.2 Å². The molecule has 1 heterocycles. The Morgan fingerprint density at radius 3 is 3.13 bits per heavy atom. The number of para-hydroxylation sites is 1. The van der Waals surface area contributed by atoms with E-state index in [2.05, 4.69) is 4.98 Å². The first-order valence-electron chi connectivity index (χ1n) is 4.56. The van der Waals surface area contributed by atoms with Crippen molar-refractivity contribution in [3.8, 4) is 0 Å². The van der Waals surface area contributed by atoms with E-state index in [1.54, 1.807) is 25.1 Å². The number of hydrogen-bond donors (Lipinski definition) is 1. The normalized spacial score (nSPS) is 10.5. The first-order valence-corrected chi connectivity index (χ1v) is 4.56. The van der Waals surface area contributed by atoms with Crippen molar-refractivity contribution < 1.29 is 14.7 Å². The second-order valence-electron chi connectivity index (χ2n) is 2.98. The molecule has 0 unspecified atom stereocenters. The predicted octanol–water partition coefficient (Wildman–Crippen LogP) is 1.45. The molecule has 0 bridgehead atoms. The van der Waals surface area contributed by atoms with Crippen molar-refractivity contribution >= 4 is 17.0 Å². The highest BCUT2D eigenvalue weighted by atomic mass is 16.5. The first kappa shape index (κ1) is 9.51. The Hall–Kier alpha value is -2.04. The summed E-state index contributed by atoms with van der Waals surface area (Å²) in [7, 11) is 0. The molecule has 0 radical (unpaired) electrons. The van der Waals surface area contributed by atoms with E-state index in [4.69, 9.17) is 4.74 Å². The highest BCUT2D eigenvalue weighted by Gasteiger charge is 2.13. The molecule has 0 saturated heterocycles. The summed E-state index contributed by atoms with van der Waals surface area (Å²) < 4.78 is 5.75. The fourth-order valence-electron chi connectivity index (χ4n) is 1.40. The molecule has 0 aliphatic heterocycles. The van der Waals surface area contributed by atoms with Crippen molar-refractivity contribution in [2.24, 2.45) is 0 Å². The van der Waals surface area contributed by atoms with Crippen LogP contribution in [0.15, 0.2) is 24.5 Å². The molecule has 5 heteroatoms. The Bertz CT molecular complexity index is 504. The number of aromatic nitrogens is 2. The van der Waals surface area contributed by atoms with E-state index in [0.717, 1.165) is 4.73 Å². The van der Waals surface area contributed by atoms with Crippen LogP contribution in [0.4, 0.5) is 0 Å². The molecule has 2 rings (SSSR count). The van der Waals surface area contributed by atoms with Crippen LogP contribution >= 0.6 is 0 Å². The largest absolute Gasteiger partial charge is 0.462 e. The second-order valence-corrected chi connectivity index (χ2v) is 2.98. The van der Waals surface area contributed by atoms with Gasteiger partial charge < -0.3 is 9.94 Å². The SMILES string of the molecule is CCOC(=O)c1cccc2c1ncn2O. The summed E-state index contributed by atoms with van der Waals surface area (Å²) in [5.41, 5.74) is 1.29. The quantitative estimate of drug-likeness (QED) is 0.596. The van der Waals surface area contributed by atoms with Crippen LogP contribution in [0, 0.1) is 0 Å². The number of carbonyl (C=O) groups is 1. The first-order chi connectivity index (χ1) is 7.24. The maximum absolute atomic E-state index is 11.5. The van der Waals surface area contributed by atoms with Crippen LogP contribution in [-0.4, -0.2) is 27.5 Å². The minimum absolute atomic E-state index is 0.315. The smallest absolute Gasteiger partial charge is 0.340 e. The van der Waals surface area contributed by atoms with Gasteiger partial charge in [-0.2, -0.15) is 4.73 Å². The zero-order valence-corrected chi connectivity index (χ0v) is 8.17. The van der Waals surface area contributed by atoms with E-state index in [1.165, 1.54) is 6.33 Å². The number of ether oxygens (including phenoxy) is 1. The van der Waals surface area contributed by atoms with Crippen molar-refractivity contribution in [2.45, 2.75) is 6.92 Å². The fraction of sp³-hybridized carbons (Fsp3) is 0.200. The number of benzene rings is 1. The summed E-state index contributed by atoms with van der Waals surface area (Å²) in [6, 6.07) is 4.96. The average molecular weight is 206 g/mol. The number of rotatable bonds is 2. The Morgan fingerprint density at radius 2 is 2.40 bits per heavy atom. The van der Waals surface area contributed by atoms with Crippen molar-refractivity contribution in [3.63, 3.8) is 0 Å². The van der Waals surface area contributed by atoms with Crippen LogP contribution in [0.5, 0.6) is 0 Å². The highest BCUT2D eigenvalue weighted by Crippen LogP contribution is 2.17. The van der Waals surface area contributed by atoms with Crippen molar-refractivity contribution in [1.29, 1.82) is 0 Å². The summed E-state index contributed by atoms with van der Waals surface area (Å²) in [5.74, 6) is -0.429. The zero-order chi connectivity index (χ0) is 10.8. The van der Waals surface area contributed by atoms with Crippen LogP contribution in [0.3, 0.4) is 0 Å². The van der Waals surface area contributed by atoms with Gasteiger partial charge in [-0.25, -0.2) is 9.78 Å². The lowest BCUT2D eigenvalue weighted by molar-refractivity contribution is 0.0528. The topological polar surface area (TPSA) is 64.3 Å². The summed E-state index contributed by atoms with van der Waals surface area (Å²) in [5, 5.41) is 9.35. The van der Waals surface area contributed by atoms with Gasteiger partial charge in [0, 0.05) is 0 Å². The third kappa shape index (κ3) is 1.52. The van der Waals surface area contributed by atoms with Gasteiger partial charge in [-0.1, -0.05) is 6.07 Å². The molecule has 0 atom stereocenters. The molecule has 1 N–H and O–H groups in total. The molecule has 0 saturated carbocycles. The van der Waals surface area contributed by atoms with E-state index >= 15 is 0 Å². The van der Waals surface area contributed by atoms with Crippen LogP contribution in [0.25, 0.3) is 11.0 Å². The van der Waals surface area contributed by atoms with Crippen molar-refractivity contribution in [1.82, 2.24) is 9.71 Å². The lowest BCUT2D eigenvalue weighted by atomic mass is 10.2. The van der Waals surface area contributed by atoms with Gasteiger partial charge >= 0.3 is 5.97 Å². The van der Waals surface area contributed by atoms with Gasteiger partial charge in [0.05, 0.1) is 12.2 Å². The van der Waals surface area contributed by atoms with Gasteiger partial charge in [-0.05, 0) is 19.1 Å². The van der Waals surface area contributed by atoms with Crippen molar-refractivity contribution in [2.75, 3.05) is 6.61 Å². The maximum atomic E-state index is 11.5. The van der Waals surface area contributed by atoms with E-state index in [-0.39, 0.29) is 0 Å². The Morgan fingerprint density at radius 1 is 1.60 bits per heavy atom. The summed E-state index contributed by atoms with van der Waals surface area (Å²) in [6.45, 7) is 2.05. The van der Waals surface area contributed by atoms with Crippen molar-refractivity contribution in [3.05, 3.63) is 30.1 Å². The Labute approximate surface area is 85.9 Å². The monoisotopic (exact) mass is 206 g/mol. The number of fused-ring (bicyclic) bond motifs is 1. The summed E-state index contributed by atoms with van der Waals surface area (Å²) in [6.07, 6.45) is 1.24. The number of carbonyl (C=O) groups excluding carboxylic acids is 1. The zero-order valence-electron chi connectivity index (χ0n) is 8.17. The molecule has 0 amide bonds. The van der Waals surface area contributed by atoms with Crippen LogP contribution in [0.2, 0.25) is 0 Å². The van der Waals surface area contributed by atoms with Crippen LogP contribution in [-0.2, 0) is 4.74 Å². The molecule has 78 valence electrons. The molecule has 0 aliphatic rings. The predicted molar refractivity (Wildman–Crippen MR) is 52.9 cm³/mol. The molecular formula is C10H10N2O3. The Kier molecular flexibility index (Phi) is 2.29. The van der Waals surface area contributed by atoms with E-state index < -0.39 is 5.97 Å². The van der Waals surface area contributed by atoms with Crippen LogP contribution in [0.1, 0.15) is 17.3 Å². The van der Waals surface area contributed by atoms with Gasteiger partial charge in [0.2, 0.25) is 0 Å². The summed E-state index contributed by atoms with van der Waals surface area (Å²) >= 11 is 0. The summed E-state index contributed by atoms with van der Waals surface area (Å²) in [4.78, 5) is 15.4.